The Kier molecular flexibility index (Phi) is 5.54. The summed E-state index contributed by atoms with van der Waals surface area (Å²) in [5.41, 5.74) is 0.999. The average molecular weight is 395 g/mol. The van der Waals surface area contributed by atoms with Crippen molar-refractivity contribution in [2.45, 2.75) is 6.92 Å². The van der Waals surface area contributed by atoms with Crippen molar-refractivity contribution in [3.05, 3.63) is 46.4 Å². The van der Waals surface area contributed by atoms with Gasteiger partial charge in [-0.25, -0.2) is 0 Å². The summed E-state index contributed by atoms with van der Waals surface area (Å²) in [7, 11) is 0. The number of rotatable bonds is 4. The molecule has 0 unspecified atom stereocenters. The van der Waals surface area contributed by atoms with Crippen LogP contribution in [0, 0.1) is 0 Å². The SMILES string of the molecule is CC(=O)N(CC(=O)Nc1ccc2c(c1)OCCO2)c1cc(Cl)cc(Cl)c1. The standard InChI is InChI=1S/C18H16Cl2N2O4/c1-11(23)22(15-7-12(19)6-13(20)8-15)10-18(24)21-14-2-3-16-17(9-14)26-5-4-25-16/h2-3,6-9H,4-5,10H2,1H3,(H,21,24). The summed E-state index contributed by atoms with van der Waals surface area (Å²) in [5, 5.41) is 3.50. The number of anilines is 2. The number of nitrogens with zero attached hydrogens (tertiary/aromatic N) is 1. The van der Waals surface area contributed by atoms with E-state index < -0.39 is 0 Å². The van der Waals surface area contributed by atoms with Crippen LogP contribution in [0.2, 0.25) is 10.0 Å². The first-order chi connectivity index (χ1) is 12.4. The fourth-order valence-electron chi connectivity index (χ4n) is 2.54. The van der Waals surface area contributed by atoms with Crippen LogP contribution in [0.3, 0.4) is 0 Å². The predicted molar refractivity (Wildman–Crippen MR) is 101 cm³/mol. The molecule has 0 saturated carbocycles. The van der Waals surface area contributed by atoms with E-state index in [2.05, 4.69) is 5.32 Å². The number of amides is 2. The number of benzene rings is 2. The molecule has 0 aromatic heterocycles. The molecule has 1 aliphatic heterocycles. The van der Waals surface area contributed by atoms with Gasteiger partial charge in [-0.2, -0.15) is 0 Å². The highest BCUT2D eigenvalue weighted by Gasteiger charge is 2.18. The number of fused-ring (bicyclic) bond motifs is 1. The molecule has 8 heteroatoms. The Balaban J connectivity index is 1.73. The van der Waals surface area contributed by atoms with Gasteiger partial charge in [0.2, 0.25) is 11.8 Å². The fourth-order valence-corrected chi connectivity index (χ4v) is 3.06. The molecule has 2 amide bonds. The van der Waals surface area contributed by atoms with Gasteiger partial charge in [-0.3, -0.25) is 9.59 Å². The molecule has 1 N–H and O–H groups in total. The molecular formula is C18H16Cl2N2O4. The van der Waals surface area contributed by atoms with Crippen LogP contribution in [0.5, 0.6) is 11.5 Å². The first-order valence-corrected chi connectivity index (χ1v) is 8.61. The second kappa shape index (κ2) is 7.85. The molecule has 2 aromatic carbocycles. The van der Waals surface area contributed by atoms with E-state index in [0.29, 0.717) is 46.1 Å². The van der Waals surface area contributed by atoms with E-state index in [4.69, 9.17) is 32.7 Å². The summed E-state index contributed by atoms with van der Waals surface area (Å²) in [5.74, 6) is 0.529. The molecule has 0 spiro atoms. The highest BCUT2D eigenvalue weighted by Crippen LogP contribution is 2.32. The van der Waals surface area contributed by atoms with Crippen LogP contribution in [-0.2, 0) is 9.59 Å². The lowest BCUT2D eigenvalue weighted by molar-refractivity contribution is -0.120. The summed E-state index contributed by atoms with van der Waals surface area (Å²) in [6.07, 6.45) is 0. The van der Waals surface area contributed by atoms with Gasteiger partial charge in [0.1, 0.15) is 19.8 Å². The molecule has 2 aromatic rings. The van der Waals surface area contributed by atoms with Gasteiger partial charge in [-0.05, 0) is 30.3 Å². The van der Waals surface area contributed by atoms with Crippen LogP contribution in [0.1, 0.15) is 6.92 Å². The Labute approximate surface area is 160 Å². The number of hydrogen-bond acceptors (Lipinski definition) is 4. The van der Waals surface area contributed by atoms with E-state index in [9.17, 15) is 9.59 Å². The molecule has 0 saturated heterocycles. The van der Waals surface area contributed by atoms with Crippen molar-refractivity contribution in [2.24, 2.45) is 0 Å². The lowest BCUT2D eigenvalue weighted by Crippen LogP contribution is -2.36. The molecule has 0 aliphatic carbocycles. The lowest BCUT2D eigenvalue weighted by atomic mass is 10.2. The Hall–Kier alpha value is -2.44. The first kappa shape index (κ1) is 18.4. The monoisotopic (exact) mass is 394 g/mol. The third-order valence-electron chi connectivity index (χ3n) is 3.67. The highest BCUT2D eigenvalue weighted by molar-refractivity contribution is 6.35. The largest absolute Gasteiger partial charge is 0.486 e. The minimum Gasteiger partial charge on any atom is -0.486 e. The second-order valence-electron chi connectivity index (χ2n) is 5.64. The molecule has 136 valence electrons. The fraction of sp³-hybridized carbons (Fsp3) is 0.222. The van der Waals surface area contributed by atoms with Crippen LogP contribution < -0.4 is 19.7 Å². The quantitative estimate of drug-likeness (QED) is 0.856. The van der Waals surface area contributed by atoms with E-state index in [1.54, 1.807) is 36.4 Å². The molecule has 0 radical (unpaired) electrons. The summed E-state index contributed by atoms with van der Waals surface area (Å²) in [4.78, 5) is 25.7. The highest BCUT2D eigenvalue weighted by atomic mass is 35.5. The van der Waals surface area contributed by atoms with Crippen LogP contribution in [-0.4, -0.2) is 31.6 Å². The molecule has 0 bridgehead atoms. The van der Waals surface area contributed by atoms with Crippen molar-refractivity contribution in [1.29, 1.82) is 0 Å². The maximum atomic E-state index is 12.4. The van der Waals surface area contributed by atoms with Crippen molar-refractivity contribution in [1.82, 2.24) is 0 Å². The summed E-state index contributed by atoms with van der Waals surface area (Å²) in [6.45, 7) is 2.14. The van der Waals surface area contributed by atoms with Gasteiger partial charge in [-0.1, -0.05) is 23.2 Å². The van der Waals surface area contributed by atoms with E-state index in [0.717, 1.165) is 0 Å². The van der Waals surface area contributed by atoms with Crippen LogP contribution in [0.15, 0.2) is 36.4 Å². The lowest BCUT2D eigenvalue weighted by Gasteiger charge is -2.22. The minimum absolute atomic E-state index is 0.180. The summed E-state index contributed by atoms with van der Waals surface area (Å²) >= 11 is 12.0. The van der Waals surface area contributed by atoms with Crippen molar-refractivity contribution in [2.75, 3.05) is 30.0 Å². The third-order valence-corrected chi connectivity index (χ3v) is 4.10. The number of carbonyl (C=O) groups is 2. The van der Waals surface area contributed by atoms with Crippen molar-refractivity contribution < 1.29 is 19.1 Å². The molecule has 1 aliphatic rings. The molecule has 26 heavy (non-hydrogen) atoms. The zero-order valence-corrected chi connectivity index (χ0v) is 15.4. The van der Waals surface area contributed by atoms with Crippen LogP contribution in [0.25, 0.3) is 0 Å². The van der Waals surface area contributed by atoms with E-state index in [1.807, 2.05) is 0 Å². The summed E-state index contributed by atoms with van der Waals surface area (Å²) in [6, 6.07) is 9.82. The van der Waals surface area contributed by atoms with Crippen LogP contribution in [0.4, 0.5) is 11.4 Å². The average Bonchev–Trinajstić information content (AvgIpc) is 2.58. The maximum Gasteiger partial charge on any atom is 0.244 e. The number of hydrogen-bond donors (Lipinski definition) is 1. The van der Waals surface area contributed by atoms with E-state index in [-0.39, 0.29) is 18.4 Å². The van der Waals surface area contributed by atoms with E-state index in [1.165, 1.54) is 11.8 Å². The van der Waals surface area contributed by atoms with Gasteiger partial charge in [0, 0.05) is 34.4 Å². The minimum atomic E-state index is -0.368. The van der Waals surface area contributed by atoms with Crippen molar-refractivity contribution in [3.63, 3.8) is 0 Å². The Morgan fingerprint density at radius 1 is 1.04 bits per heavy atom. The second-order valence-corrected chi connectivity index (χ2v) is 6.51. The maximum absolute atomic E-state index is 12.4. The smallest absolute Gasteiger partial charge is 0.244 e. The van der Waals surface area contributed by atoms with Gasteiger partial charge >= 0.3 is 0 Å². The van der Waals surface area contributed by atoms with Crippen molar-refractivity contribution >= 4 is 46.4 Å². The van der Waals surface area contributed by atoms with Gasteiger partial charge in [0.05, 0.1) is 0 Å². The Morgan fingerprint density at radius 3 is 2.35 bits per heavy atom. The van der Waals surface area contributed by atoms with Crippen LogP contribution >= 0.6 is 23.2 Å². The Morgan fingerprint density at radius 2 is 1.69 bits per heavy atom. The third kappa shape index (κ3) is 4.39. The number of ether oxygens (including phenoxy) is 2. The normalized spacial score (nSPS) is 12.4. The molecule has 3 rings (SSSR count). The van der Waals surface area contributed by atoms with Gasteiger partial charge in [0.15, 0.2) is 11.5 Å². The molecule has 0 atom stereocenters. The Bertz CT molecular complexity index is 837. The molecule has 6 nitrogen and oxygen atoms in total. The molecule has 0 fully saturated rings. The number of carbonyl (C=O) groups excluding carboxylic acids is 2. The molecule has 1 heterocycles. The van der Waals surface area contributed by atoms with E-state index >= 15 is 0 Å². The first-order valence-electron chi connectivity index (χ1n) is 7.86. The van der Waals surface area contributed by atoms with Gasteiger partial charge in [0.25, 0.3) is 0 Å². The van der Waals surface area contributed by atoms with Gasteiger partial charge in [-0.15, -0.1) is 0 Å². The molecular weight excluding hydrogens is 379 g/mol. The summed E-state index contributed by atoms with van der Waals surface area (Å²) < 4.78 is 10.9. The zero-order chi connectivity index (χ0) is 18.7. The number of halogens is 2. The number of nitrogens with one attached hydrogen (secondary N) is 1. The predicted octanol–water partition coefficient (Wildman–Crippen LogP) is 3.76. The van der Waals surface area contributed by atoms with Gasteiger partial charge < -0.3 is 19.7 Å². The zero-order valence-electron chi connectivity index (χ0n) is 13.9. The van der Waals surface area contributed by atoms with Crippen molar-refractivity contribution in [3.8, 4) is 11.5 Å². The topological polar surface area (TPSA) is 67.9 Å².